The molecule has 1 fully saturated rings. The molecule has 2 heterocycles. The zero-order chi connectivity index (χ0) is 23.5. The van der Waals surface area contributed by atoms with Gasteiger partial charge in [0, 0.05) is 45.0 Å². The Hall–Kier alpha value is -3.43. The summed E-state index contributed by atoms with van der Waals surface area (Å²) in [5.41, 5.74) is 3.82. The highest BCUT2D eigenvalue weighted by atomic mass is 16.3. The van der Waals surface area contributed by atoms with Gasteiger partial charge in [0.05, 0.1) is 0 Å². The fourth-order valence-corrected chi connectivity index (χ4v) is 4.25. The number of nitrogens with zero attached hydrogens (tertiary/aromatic N) is 3. The molecular weight excluding hydrogens is 424 g/mol. The van der Waals surface area contributed by atoms with E-state index < -0.39 is 24.0 Å². The molecule has 0 bridgehead atoms. The van der Waals surface area contributed by atoms with E-state index in [2.05, 4.69) is 5.32 Å². The molecule has 9 heteroatoms. The Balaban J connectivity index is 1.25. The second-order valence-corrected chi connectivity index (χ2v) is 8.35. The summed E-state index contributed by atoms with van der Waals surface area (Å²) in [6, 6.07) is 15.0. The van der Waals surface area contributed by atoms with Gasteiger partial charge in [-0.1, -0.05) is 42.5 Å². The fourth-order valence-electron chi connectivity index (χ4n) is 4.25. The zero-order valence-corrected chi connectivity index (χ0v) is 18.5. The lowest BCUT2D eigenvalue weighted by Gasteiger charge is -2.23. The molecule has 0 unspecified atom stereocenters. The van der Waals surface area contributed by atoms with Crippen LogP contribution in [0.3, 0.4) is 0 Å². The number of rotatable bonds is 7. The standard InChI is InChI=1S/C24H28N4O5/c1-16-6-2-5-9-19(16)28-13-12-26(24(28)33)11-10-25-22(31)20(29)21(30)23(32)27-14-17-7-3-4-8-18(17)15-27/h2-9,20-21,29-30H,10-15H2,1H3,(H,25,31)/t20-,21-/m1/s1. The van der Waals surface area contributed by atoms with Crippen molar-refractivity contribution < 1.29 is 24.6 Å². The van der Waals surface area contributed by atoms with Gasteiger partial charge in [0.15, 0.2) is 12.2 Å². The Morgan fingerprint density at radius 1 is 0.970 bits per heavy atom. The molecule has 1 saturated heterocycles. The summed E-state index contributed by atoms with van der Waals surface area (Å²) in [4.78, 5) is 42.3. The Bertz CT molecular complexity index is 1030. The molecule has 2 aromatic rings. The largest absolute Gasteiger partial charge is 0.380 e. The van der Waals surface area contributed by atoms with E-state index in [1.807, 2.05) is 55.5 Å². The SMILES string of the molecule is Cc1ccccc1N1CCN(CCNC(=O)[C@H](O)[C@@H](O)C(=O)N2Cc3ccccc3C2)C1=O. The number of amides is 4. The fraction of sp³-hybridized carbons (Fsp3) is 0.375. The minimum absolute atomic E-state index is 0.0965. The number of benzene rings is 2. The summed E-state index contributed by atoms with van der Waals surface area (Å²) in [5.74, 6) is -1.55. The number of para-hydroxylation sites is 1. The first-order valence-electron chi connectivity index (χ1n) is 11.0. The second-order valence-electron chi connectivity index (χ2n) is 8.35. The maximum atomic E-state index is 12.7. The molecule has 0 aromatic heterocycles. The highest BCUT2D eigenvalue weighted by Gasteiger charge is 2.36. The molecule has 174 valence electrons. The molecule has 2 atom stereocenters. The number of anilines is 1. The van der Waals surface area contributed by atoms with Crippen molar-refractivity contribution in [3.05, 3.63) is 65.2 Å². The van der Waals surface area contributed by atoms with Crippen molar-refractivity contribution in [2.24, 2.45) is 0 Å². The molecule has 2 aliphatic rings. The molecule has 4 amide bonds. The number of hydrogen-bond acceptors (Lipinski definition) is 5. The monoisotopic (exact) mass is 452 g/mol. The number of carbonyl (C=O) groups is 3. The van der Waals surface area contributed by atoms with Crippen molar-refractivity contribution in [3.8, 4) is 0 Å². The molecule has 33 heavy (non-hydrogen) atoms. The number of urea groups is 1. The second kappa shape index (κ2) is 9.60. The van der Waals surface area contributed by atoms with Crippen molar-refractivity contribution in [1.82, 2.24) is 15.1 Å². The van der Waals surface area contributed by atoms with Gasteiger partial charge in [0.25, 0.3) is 11.8 Å². The van der Waals surface area contributed by atoms with Gasteiger partial charge < -0.3 is 25.3 Å². The normalized spacial score (nSPS) is 17.2. The molecular formula is C24H28N4O5. The highest BCUT2D eigenvalue weighted by molar-refractivity contribution is 5.95. The number of aryl methyl sites for hydroxylation is 1. The third kappa shape index (κ3) is 4.69. The van der Waals surface area contributed by atoms with Crippen LogP contribution in [0.4, 0.5) is 10.5 Å². The number of nitrogens with one attached hydrogen (secondary N) is 1. The highest BCUT2D eigenvalue weighted by Crippen LogP contribution is 2.24. The summed E-state index contributed by atoms with van der Waals surface area (Å²) in [7, 11) is 0. The molecule has 3 N–H and O–H groups in total. The first-order chi connectivity index (χ1) is 15.9. The topological polar surface area (TPSA) is 113 Å². The first-order valence-corrected chi connectivity index (χ1v) is 11.0. The molecule has 0 spiro atoms. The maximum absolute atomic E-state index is 12.7. The van der Waals surface area contributed by atoms with Crippen LogP contribution in [-0.4, -0.2) is 76.2 Å². The van der Waals surface area contributed by atoms with Gasteiger partial charge in [-0.2, -0.15) is 0 Å². The summed E-state index contributed by atoms with van der Waals surface area (Å²) in [6.45, 7) is 4.02. The van der Waals surface area contributed by atoms with Crippen molar-refractivity contribution in [2.45, 2.75) is 32.2 Å². The zero-order valence-electron chi connectivity index (χ0n) is 18.5. The number of carbonyl (C=O) groups excluding carboxylic acids is 3. The van der Waals surface area contributed by atoms with Gasteiger partial charge >= 0.3 is 6.03 Å². The predicted octanol–water partition coefficient (Wildman–Crippen LogP) is 0.617. The van der Waals surface area contributed by atoms with Crippen molar-refractivity contribution in [1.29, 1.82) is 0 Å². The van der Waals surface area contributed by atoms with Gasteiger partial charge in [-0.25, -0.2) is 4.79 Å². The first kappa shape index (κ1) is 22.8. The molecule has 0 aliphatic carbocycles. The van der Waals surface area contributed by atoms with Gasteiger partial charge in [-0.15, -0.1) is 0 Å². The van der Waals surface area contributed by atoms with E-state index >= 15 is 0 Å². The van der Waals surface area contributed by atoms with Gasteiger partial charge in [-0.05, 0) is 29.7 Å². The van der Waals surface area contributed by atoms with E-state index in [4.69, 9.17) is 0 Å². The Morgan fingerprint density at radius 3 is 2.27 bits per heavy atom. The Morgan fingerprint density at radius 2 is 1.61 bits per heavy atom. The van der Waals surface area contributed by atoms with Crippen LogP contribution in [0.5, 0.6) is 0 Å². The van der Waals surface area contributed by atoms with Crippen LogP contribution >= 0.6 is 0 Å². The van der Waals surface area contributed by atoms with Gasteiger partial charge in [0.1, 0.15) is 0 Å². The Kier molecular flexibility index (Phi) is 6.62. The number of hydrogen-bond donors (Lipinski definition) is 3. The van der Waals surface area contributed by atoms with E-state index in [1.165, 1.54) is 4.90 Å². The minimum Gasteiger partial charge on any atom is -0.380 e. The Labute approximate surface area is 192 Å². The molecule has 9 nitrogen and oxygen atoms in total. The van der Waals surface area contributed by atoms with E-state index in [0.717, 1.165) is 22.4 Å². The average molecular weight is 453 g/mol. The van der Waals surface area contributed by atoms with Crippen molar-refractivity contribution in [2.75, 3.05) is 31.1 Å². The lowest BCUT2D eigenvalue weighted by atomic mass is 10.1. The number of fused-ring (bicyclic) bond motifs is 1. The van der Waals surface area contributed by atoms with Gasteiger partial charge in [-0.3, -0.25) is 14.5 Å². The molecule has 4 rings (SSSR count). The van der Waals surface area contributed by atoms with Crippen LogP contribution in [0.2, 0.25) is 0 Å². The number of aliphatic hydroxyl groups is 2. The van der Waals surface area contributed by atoms with Crippen molar-refractivity contribution >= 4 is 23.5 Å². The number of aliphatic hydroxyl groups excluding tert-OH is 2. The van der Waals surface area contributed by atoms with Crippen LogP contribution in [0, 0.1) is 6.92 Å². The smallest absolute Gasteiger partial charge is 0.324 e. The van der Waals surface area contributed by atoms with E-state index in [-0.39, 0.29) is 19.1 Å². The maximum Gasteiger partial charge on any atom is 0.324 e. The van der Waals surface area contributed by atoms with Crippen LogP contribution in [-0.2, 0) is 22.7 Å². The van der Waals surface area contributed by atoms with E-state index in [9.17, 15) is 24.6 Å². The van der Waals surface area contributed by atoms with E-state index in [0.29, 0.717) is 26.2 Å². The lowest BCUT2D eigenvalue weighted by molar-refractivity contribution is -0.153. The summed E-state index contributed by atoms with van der Waals surface area (Å²) in [6.07, 6.45) is -3.75. The molecule has 2 aromatic carbocycles. The lowest BCUT2D eigenvalue weighted by Crippen LogP contribution is -2.50. The predicted molar refractivity (Wildman–Crippen MR) is 121 cm³/mol. The van der Waals surface area contributed by atoms with Gasteiger partial charge in [0.2, 0.25) is 0 Å². The summed E-state index contributed by atoms with van der Waals surface area (Å²) in [5, 5.41) is 23.0. The average Bonchev–Trinajstić information content (AvgIpc) is 3.41. The summed E-state index contributed by atoms with van der Waals surface area (Å²) < 4.78 is 0. The molecule has 0 radical (unpaired) electrons. The van der Waals surface area contributed by atoms with Crippen LogP contribution in [0.1, 0.15) is 16.7 Å². The third-order valence-electron chi connectivity index (χ3n) is 6.16. The van der Waals surface area contributed by atoms with E-state index in [1.54, 1.807) is 9.80 Å². The minimum atomic E-state index is -1.89. The molecule has 0 saturated carbocycles. The van der Waals surface area contributed by atoms with Crippen LogP contribution in [0.15, 0.2) is 48.5 Å². The molecule has 2 aliphatic heterocycles. The summed E-state index contributed by atoms with van der Waals surface area (Å²) >= 11 is 0. The quantitative estimate of drug-likeness (QED) is 0.570. The van der Waals surface area contributed by atoms with Crippen molar-refractivity contribution in [3.63, 3.8) is 0 Å². The van der Waals surface area contributed by atoms with Crippen LogP contribution < -0.4 is 10.2 Å². The third-order valence-corrected chi connectivity index (χ3v) is 6.16. The van der Waals surface area contributed by atoms with Crippen LogP contribution in [0.25, 0.3) is 0 Å².